The fourth-order valence-electron chi connectivity index (χ4n) is 2.58. The van der Waals surface area contributed by atoms with Gasteiger partial charge in [0.2, 0.25) is 0 Å². The van der Waals surface area contributed by atoms with Crippen LogP contribution in [0.4, 0.5) is 5.69 Å². The number of ether oxygens (including phenoxy) is 1. The monoisotopic (exact) mass is 282 g/mol. The second kappa shape index (κ2) is 6.60. The molecule has 2 rings (SSSR count). The minimum Gasteiger partial charge on any atom is -0.375 e. The van der Waals surface area contributed by atoms with Crippen molar-refractivity contribution in [2.75, 3.05) is 24.6 Å². The number of hydrogen-bond donors (Lipinski definition) is 1. The molecular formula is C15H23ClN2O. The first-order chi connectivity index (χ1) is 9.15. The lowest BCUT2D eigenvalue weighted by Gasteiger charge is -2.40. The van der Waals surface area contributed by atoms with Gasteiger partial charge in [-0.2, -0.15) is 0 Å². The SMILES string of the molecule is CCC1COC(C)CN1c1ccc(CCN)cc1Cl. The molecule has 0 saturated carbocycles. The highest BCUT2D eigenvalue weighted by Gasteiger charge is 2.26. The maximum atomic E-state index is 6.45. The molecule has 1 heterocycles. The van der Waals surface area contributed by atoms with Crippen molar-refractivity contribution in [3.63, 3.8) is 0 Å². The Labute approximate surface area is 120 Å². The van der Waals surface area contributed by atoms with Gasteiger partial charge in [0.15, 0.2) is 0 Å². The highest BCUT2D eigenvalue weighted by atomic mass is 35.5. The summed E-state index contributed by atoms with van der Waals surface area (Å²) in [6.07, 6.45) is 2.19. The Kier molecular flexibility index (Phi) is 5.08. The van der Waals surface area contributed by atoms with Gasteiger partial charge in [0.25, 0.3) is 0 Å². The van der Waals surface area contributed by atoms with Crippen molar-refractivity contribution in [2.45, 2.75) is 38.8 Å². The zero-order valence-corrected chi connectivity index (χ0v) is 12.5. The first-order valence-electron chi connectivity index (χ1n) is 7.02. The van der Waals surface area contributed by atoms with Crippen molar-refractivity contribution >= 4 is 17.3 Å². The van der Waals surface area contributed by atoms with Crippen LogP contribution in [0.15, 0.2) is 18.2 Å². The van der Waals surface area contributed by atoms with Gasteiger partial charge < -0.3 is 15.4 Å². The van der Waals surface area contributed by atoms with Crippen molar-refractivity contribution in [3.8, 4) is 0 Å². The Hall–Kier alpha value is -0.770. The molecule has 1 aliphatic heterocycles. The van der Waals surface area contributed by atoms with E-state index >= 15 is 0 Å². The topological polar surface area (TPSA) is 38.5 Å². The summed E-state index contributed by atoms with van der Waals surface area (Å²) < 4.78 is 5.73. The third-order valence-corrected chi connectivity index (χ3v) is 4.00. The number of rotatable bonds is 4. The number of benzene rings is 1. The van der Waals surface area contributed by atoms with E-state index in [0.717, 1.165) is 36.7 Å². The van der Waals surface area contributed by atoms with Crippen LogP contribution in [-0.4, -0.2) is 31.8 Å². The second-order valence-electron chi connectivity index (χ2n) is 5.18. The van der Waals surface area contributed by atoms with Gasteiger partial charge in [-0.1, -0.05) is 24.6 Å². The van der Waals surface area contributed by atoms with E-state index in [0.29, 0.717) is 12.6 Å². The van der Waals surface area contributed by atoms with Crippen molar-refractivity contribution in [3.05, 3.63) is 28.8 Å². The summed E-state index contributed by atoms with van der Waals surface area (Å²) in [5, 5.41) is 0.818. The van der Waals surface area contributed by atoms with Crippen LogP contribution in [0.2, 0.25) is 5.02 Å². The highest BCUT2D eigenvalue weighted by molar-refractivity contribution is 6.33. The lowest BCUT2D eigenvalue weighted by Crippen LogP contribution is -2.48. The molecule has 1 fully saturated rings. The molecule has 1 aliphatic rings. The lowest BCUT2D eigenvalue weighted by atomic mass is 10.1. The summed E-state index contributed by atoms with van der Waals surface area (Å²) in [4.78, 5) is 2.38. The van der Waals surface area contributed by atoms with E-state index < -0.39 is 0 Å². The standard InChI is InChI=1S/C15H23ClN2O/c1-3-13-10-19-11(2)9-18(13)15-5-4-12(6-7-17)8-14(15)16/h4-5,8,11,13H,3,6-7,9-10,17H2,1-2H3. The average Bonchev–Trinajstić information content (AvgIpc) is 2.39. The first kappa shape index (κ1) is 14.6. The molecule has 0 aliphatic carbocycles. The van der Waals surface area contributed by atoms with Gasteiger partial charge in [0, 0.05) is 6.54 Å². The van der Waals surface area contributed by atoms with Crippen molar-refractivity contribution < 1.29 is 4.74 Å². The summed E-state index contributed by atoms with van der Waals surface area (Å²) in [7, 11) is 0. The van der Waals surface area contributed by atoms with E-state index in [2.05, 4.69) is 30.9 Å². The molecule has 0 amide bonds. The van der Waals surface area contributed by atoms with Gasteiger partial charge in [0.1, 0.15) is 0 Å². The van der Waals surface area contributed by atoms with Gasteiger partial charge in [-0.3, -0.25) is 0 Å². The van der Waals surface area contributed by atoms with Crippen molar-refractivity contribution in [2.24, 2.45) is 5.73 Å². The van der Waals surface area contributed by atoms with Gasteiger partial charge in [-0.05, 0) is 44.0 Å². The quantitative estimate of drug-likeness (QED) is 0.923. The summed E-state index contributed by atoms with van der Waals surface area (Å²) in [5.74, 6) is 0. The van der Waals surface area contributed by atoms with Crippen LogP contribution in [0, 0.1) is 0 Å². The fraction of sp³-hybridized carbons (Fsp3) is 0.600. The highest BCUT2D eigenvalue weighted by Crippen LogP contribution is 2.31. The Morgan fingerprint density at radius 3 is 2.89 bits per heavy atom. The molecule has 1 aromatic carbocycles. The molecule has 1 aromatic rings. The third-order valence-electron chi connectivity index (χ3n) is 3.69. The van der Waals surface area contributed by atoms with Gasteiger partial charge >= 0.3 is 0 Å². The molecule has 2 N–H and O–H groups in total. The first-order valence-corrected chi connectivity index (χ1v) is 7.40. The largest absolute Gasteiger partial charge is 0.375 e. The molecule has 0 bridgehead atoms. The minimum absolute atomic E-state index is 0.252. The van der Waals surface area contributed by atoms with Crippen molar-refractivity contribution in [1.29, 1.82) is 0 Å². The van der Waals surface area contributed by atoms with Gasteiger partial charge in [0.05, 0.1) is 29.5 Å². The molecule has 4 heteroatoms. The van der Waals surface area contributed by atoms with Crippen LogP contribution in [-0.2, 0) is 11.2 Å². The molecule has 2 unspecified atom stereocenters. The van der Waals surface area contributed by atoms with Gasteiger partial charge in [-0.25, -0.2) is 0 Å². The summed E-state index contributed by atoms with van der Waals surface area (Å²) >= 11 is 6.45. The van der Waals surface area contributed by atoms with E-state index in [-0.39, 0.29) is 6.10 Å². The second-order valence-corrected chi connectivity index (χ2v) is 5.59. The van der Waals surface area contributed by atoms with Crippen LogP contribution in [0.25, 0.3) is 0 Å². The zero-order chi connectivity index (χ0) is 13.8. The zero-order valence-electron chi connectivity index (χ0n) is 11.7. The smallest absolute Gasteiger partial charge is 0.0723 e. The summed E-state index contributed by atoms with van der Waals surface area (Å²) in [5.41, 5.74) is 7.90. The normalized spacial score (nSPS) is 23.7. The molecular weight excluding hydrogens is 260 g/mol. The Bertz CT molecular complexity index is 425. The molecule has 0 aromatic heterocycles. The number of halogens is 1. The number of hydrogen-bond acceptors (Lipinski definition) is 3. The van der Waals surface area contributed by atoms with Crippen LogP contribution < -0.4 is 10.6 Å². The summed E-state index contributed by atoms with van der Waals surface area (Å²) in [6.45, 7) is 6.62. The van der Waals surface area contributed by atoms with E-state index in [1.165, 1.54) is 5.56 Å². The molecule has 3 nitrogen and oxygen atoms in total. The van der Waals surface area contributed by atoms with Crippen LogP contribution >= 0.6 is 11.6 Å². The van der Waals surface area contributed by atoms with E-state index in [1.807, 2.05) is 6.07 Å². The van der Waals surface area contributed by atoms with Crippen LogP contribution in [0.5, 0.6) is 0 Å². The molecule has 1 saturated heterocycles. The number of morpholine rings is 1. The summed E-state index contributed by atoms with van der Waals surface area (Å²) in [6, 6.07) is 6.69. The Balaban J connectivity index is 2.23. The fourth-order valence-corrected chi connectivity index (χ4v) is 2.89. The number of nitrogens with zero attached hydrogens (tertiary/aromatic N) is 1. The third kappa shape index (κ3) is 3.41. The molecule has 0 spiro atoms. The predicted molar refractivity (Wildman–Crippen MR) is 81.0 cm³/mol. The lowest BCUT2D eigenvalue weighted by molar-refractivity contribution is 0.0300. The number of nitrogens with two attached hydrogens (primary N) is 1. The minimum atomic E-state index is 0.252. The van der Waals surface area contributed by atoms with E-state index in [4.69, 9.17) is 22.1 Å². The Morgan fingerprint density at radius 2 is 2.26 bits per heavy atom. The van der Waals surface area contributed by atoms with Crippen LogP contribution in [0.1, 0.15) is 25.8 Å². The maximum Gasteiger partial charge on any atom is 0.0723 e. The number of anilines is 1. The molecule has 2 atom stereocenters. The van der Waals surface area contributed by atoms with E-state index in [1.54, 1.807) is 0 Å². The molecule has 19 heavy (non-hydrogen) atoms. The van der Waals surface area contributed by atoms with Crippen LogP contribution in [0.3, 0.4) is 0 Å². The van der Waals surface area contributed by atoms with Gasteiger partial charge in [-0.15, -0.1) is 0 Å². The average molecular weight is 283 g/mol. The predicted octanol–water partition coefficient (Wildman–Crippen LogP) is 2.84. The molecule has 0 radical (unpaired) electrons. The van der Waals surface area contributed by atoms with E-state index in [9.17, 15) is 0 Å². The maximum absolute atomic E-state index is 6.45. The van der Waals surface area contributed by atoms with Crippen molar-refractivity contribution in [1.82, 2.24) is 0 Å². The Morgan fingerprint density at radius 1 is 1.47 bits per heavy atom. The molecule has 106 valence electrons.